The number of carbonyl (C=O) groups is 1. The van der Waals surface area contributed by atoms with Crippen LogP contribution < -0.4 is 10.6 Å². The number of piperazine rings is 1. The Labute approximate surface area is 131 Å². The van der Waals surface area contributed by atoms with Gasteiger partial charge in [-0.05, 0) is 31.9 Å². The molecule has 0 spiro atoms. The monoisotopic (exact) mass is 303 g/mol. The zero-order chi connectivity index (χ0) is 15.6. The molecule has 1 saturated carbocycles. The lowest BCUT2D eigenvalue weighted by Crippen LogP contribution is -2.57. The van der Waals surface area contributed by atoms with Crippen molar-refractivity contribution < 1.29 is 4.79 Å². The van der Waals surface area contributed by atoms with Gasteiger partial charge in [-0.3, -0.25) is 4.79 Å². The van der Waals surface area contributed by atoms with Gasteiger partial charge in [0.1, 0.15) is 0 Å². The van der Waals surface area contributed by atoms with E-state index < -0.39 is 0 Å². The summed E-state index contributed by atoms with van der Waals surface area (Å²) in [5.74, 6) is 1.10. The highest BCUT2D eigenvalue weighted by atomic mass is 16.2. The molecule has 1 aromatic rings. The number of nitrogens with two attached hydrogens (primary N) is 1. The van der Waals surface area contributed by atoms with E-state index in [1.54, 1.807) is 6.20 Å². The van der Waals surface area contributed by atoms with Crippen LogP contribution in [0.15, 0.2) is 18.3 Å². The quantitative estimate of drug-likeness (QED) is 0.883. The van der Waals surface area contributed by atoms with Crippen molar-refractivity contribution in [1.82, 2.24) is 15.1 Å². The minimum atomic E-state index is -0.350. The molecule has 1 amide bonds. The Morgan fingerprint density at radius 2 is 2.09 bits per heavy atom. The second-order valence-electron chi connectivity index (χ2n) is 6.70. The third-order valence-corrected chi connectivity index (χ3v) is 5.03. The maximum absolute atomic E-state index is 12.8. The number of carbonyl (C=O) groups excluding carboxylic acids is 1. The van der Waals surface area contributed by atoms with Crippen LogP contribution in [-0.4, -0.2) is 52.7 Å². The van der Waals surface area contributed by atoms with Gasteiger partial charge in [-0.1, -0.05) is 12.8 Å². The lowest BCUT2D eigenvalue weighted by Gasteiger charge is -2.42. The molecule has 2 heterocycles. The number of aromatic nitrogens is 2. The van der Waals surface area contributed by atoms with Gasteiger partial charge < -0.3 is 15.5 Å². The summed E-state index contributed by atoms with van der Waals surface area (Å²) < 4.78 is 0. The SMILES string of the molecule is CC1(N)CCCCC1C(=O)N1CCN(c2cccnn2)CC1. The average molecular weight is 303 g/mol. The van der Waals surface area contributed by atoms with Crippen molar-refractivity contribution in [1.29, 1.82) is 0 Å². The third kappa shape index (κ3) is 3.06. The highest BCUT2D eigenvalue weighted by molar-refractivity contribution is 5.80. The van der Waals surface area contributed by atoms with Crippen molar-refractivity contribution >= 4 is 11.7 Å². The molecule has 1 aromatic heterocycles. The highest BCUT2D eigenvalue weighted by Gasteiger charge is 2.40. The van der Waals surface area contributed by atoms with E-state index in [-0.39, 0.29) is 17.4 Å². The lowest BCUT2D eigenvalue weighted by molar-refractivity contribution is -0.139. The van der Waals surface area contributed by atoms with E-state index in [2.05, 4.69) is 15.1 Å². The van der Waals surface area contributed by atoms with E-state index in [1.165, 1.54) is 0 Å². The standard InChI is InChI=1S/C16H25N5O/c1-16(17)7-3-2-5-13(16)15(22)21-11-9-20(10-12-21)14-6-4-8-18-19-14/h4,6,8,13H,2-3,5,7,9-12,17H2,1H3. The summed E-state index contributed by atoms with van der Waals surface area (Å²) in [6.45, 7) is 5.12. The Balaban J connectivity index is 1.60. The molecule has 0 bridgehead atoms. The highest BCUT2D eigenvalue weighted by Crippen LogP contribution is 2.33. The summed E-state index contributed by atoms with van der Waals surface area (Å²) in [7, 11) is 0. The van der Waals surface area contributed by atoms with E-state index in [0.29, 0.717) is 0 Å². The van der Waals surface area contributed by atoms with Crippen LogP contribution in [0.1, 0.15) is 32.6 Å². The van der Waals surface area contributed by atoms with E-state index in [4.69, 9.17) is 5.73 Å². The molecule has 2 unspecified atom stereocenters. The first kappa shape index (κ1) is 15.2. The summed E-state index contributed by atoms with van der Waals surface area (Å²) in [4.78, 5) is 17.0. The first-order valence-corrected chi connectivity index (χ1v) is 8.18. The molecule has 3 rings (SSSR count). The van der Waals surface area contributed by atoms with Gasteiger partial charge in [0.2, 0.25) is 5.91 Å². The van der Waals surface area contributed by atoms with Gasteiger partial charge in [-0.25, -0.2) is 0 Å². The van der Waals surface area contributed by atoms with Gasteiger partial charge in [-0.2, -0.15) is 5.10 Å². The molecule has 2 fully saturated rings. The summed E-state index contributed by atoms with van der Waals surface area (Å²) in [5, 5.41) is 8.06. The molecule has 1 aliphatic heterocycles. The topological polar surface area (TPSA) is 75.4 Å². The lowest BCUT2D eigenvalue weighted by atomic mass is 9.74. The zero-order valence-corrected chi connectivity index (χ0v) is 13.2. The third-order valence-electron chi connectivity index (χ3n) is 5.03. The minimum absolute atomic E-state index is 0.0238. The fourth-order valence-corrected chi connectivity index (χ4v) is 3.60. The van der Waals surface area contributed by atoms with Crippen molar-refractivity contribution in [2.24, 2.45) is 11.7 Å². The van der Waals surface area contributed by atoms with Crippen LogP contribution in [0.25, 0.3) is 0 Å². The molecule has 2 aliphatic rings. The first-order valence-electron chi connectivity index (χ1n) is 8.18. The van der Waals surface area contributed by atoms with Gasteiger partial charge in [0, 0.05) is 37.9 Å². The van der Waals surface area contributed by atoms with Crippen molar-refractivity contribution in [2.75, 3.05) is 31.1 Å². The fraction of sp³-hybridized carbons (Fsp3) is 0.688. The molecular formula is C16H25N5O. The Kier molecular flexibility index (Phi) is 4.29. The molecule has 1 aliphatic carbocycles. The molecule has 2 N–H and O–H groups in total. The van der Waals surface area contributed by atoms with Crippen molar-refractivity contribution in [3.63, 3.8) is 0 Å². The predicted octanol–water partition coefficient (Wildman–Crippen LogP) is 1.03. The van der Waals surface area contributed by atoms with Crippen molar-refractivity contribution in [3.05, 3.63) is 18.3 Å². The van der Waals surface area contributed by atoms with Gasteiger partial charge in [-0.15, -0.1) is 5.10 Å². The summed E-state index contributed by atoms with van der Waals surface area (Å²) in [5.41, 5.74) is 6.02. The smallest absolute Gasteiger partial charge is 0.227 e. The summed E-state index contributed by atoms with van der Waals surface area (Å²) in [6.07, 6.45) is 5.80. The number of amides is 1. The maximum atomic E-state index is 12.8. The molecule has 1 saturated heterocycles. The predicted molar refractivity (Wildman–Crippen MR) is 85.4 cm³/mol. The van der Waals surface area contributed by atoms with Crippen LogP contribution in [0, 0.1) is 5.92 Å². The average Bonchev–Trinajstić information content (AvgIpc) is 2.55. The van der Waals surface area contributed by atoms with Gasteiger partial charge in [0.05, 0.1) is 5.92 Å². The number of rotatable bonds is 2. The molecule has 6 nitrogen and oxygen atoms in total. The van der Waals surface area contributed by atoms with E-state index in [0.717, 1.165) is 57.7 Å². The summed E-state index contributed by atoms with van der Waals surface area (Å²) >= 11 is 0. The molecular weight excluding hydrogens is 278 g/mol. The molecule has 6 heteroatoms. The Hall–Kier alpha value is -1.69. The minimum Gasteiger partial charge on any atom is -0.352 e. The van der Waals surface area contributed by atoms with Gasteiger partial charge in [0.25, 0.3) is 0 Å². The first-order chi connectivity index (χ1) is 10.6. The molecule has 2 atom stereocenters. The molecule has 120 valence electrons. The Morgan fingerprint density at radius 1 is 1.32 bits per heavy atom. The number of anilines is 1. The number of hydrogen-bond acceptors (Lipinski definition) is 5. The fourth-order valence-electron chi connectivity index (χ4n) is 3.60. The molecule has 0 aromatic carbocycles. The number of hydrogen-bond donors (Lipinski definition) is 1. The van der Waals surface area contributed by atoms with Crippen molar-refractivity contribution in [2.45, 2.75) is 38.1 Å². The van der Waals surface area contributed by atoms with E-state index in [9.17, 15) is 4.79 Å². The Morgan fingerprint density at radius 3 is 2.73 bits per heavy atom. The van der Waals surface area contributed by atoms with Crippen LogP contribution in [0.3, 0.4) is 0 Å². The molecule has 0 radical (unpaired) electrons. The van der Waals surface area contributed by atoms with Crippen LogP contribution in [0.5, 0.6) is 0 Å². The van der Waals surface area contributed by atoms with Gasteiger partial charge in [0.15, 0.2) is 5.82 Å². The molecule has 22 heavy (non-hydrogen) atoms. The van der Waals surface area contributed by atoms with Crippen LogP contribution in [0.2, 0.25) is 0 Å². The van der Waals surface area contributed by atoms with Crippen LogP contribution in [0.4, 0.5) is 5.82 Å². The van der Waals surface area contributed by atoms with Crippen LogP contribution in [-0.2, 0) is 4.79 Å². The Bertz CT molecular complexity index is 511. The van der Waals surface area contributed by atoms with Crippen LogP contribution >= 0.6 is 0 Å². The number of nitrogens with zero attached hydrogens (tertiary/aromatic N) is 4. The summed E-state index contributed by atoms with van der Waals surface area (Å²) in [6, 6.07) is 3.85. The second-order valence-corrected chi connectivity index (χ2v) is 6.70. The zero-order valence-electron chi connectivity index (χ0n) is 13.2. The largest absolute Gasteiger partial charge is 0.352 e. The van der Waals surface area contributed by atoms with Gasteiger partial charge >= 0.3 is 0 Å². The second kappa shape index (κ2) is 6.20. The normalized spacial score (nSPS) is 29.5. The maximum Gasteiger partial charge on any atom is 0.227 e. The van der Waals surface area contributed by atoms with Crippen molar-refractivity contribution in [3.8, 4) is 0 Å². The van der Waals surface area contributed by atoms with E-state index >= 15 is 0 Å². The van der Waals surface area contributed by atoms with E-state index in [1.807, 2.05) is 24.0 Å².